The zero-order valence-corrected chi connectivity index (χ0v) is 10.6. The Balaban J connectivity index is 1.73. The van der Waals surface area contributed by atoms with E-state index in [0.717, 1.165) is 37.8 Å². The van der Waals surface area contributed by atoms with E-state index in [9.17, 15) is 0 Å². The highest BCUT2D eigenvalue weighted by molar-refractivity contribution is 4.91. The molecule has 2 rings (SSSR count). The van der Waals surface area contributed by atoms with Gasteiger partial charge in [0.1, 0.15) is 12.2 Å². The Labute approximate surface area is 103 Å². The fraction of sp³-hybridized carbons (Fsp3) is 0.692. The molecule has 0 saturated carbocycles. The van der Waals surface area contributed by atoms with Crippen LogP contribution in [0.2, 0.25) is 0 Å². The molecule has 0 aliphatic heterocycles. The van der Waals surface area contributed by atoms with Crippen molar-refractivity contribution in [2.24, 2.45) is 5.92 Å². The number of nitrogens with zero attached hydrogens (tertiary/aromatic N) is 3. The van der Waals surface area contributed by atoms with Gasteiger partial charge in [-0.3, -0.25) is 0 Å². The maximum atomic E-state index is 4.29. The smallest absolute Gasteiger partial charge is 0.140 e. The van der Waals surface area contributed by atoms with Gasteiger partial charge in [0.05, 0.1) is 6.54 Å². The summed E-state index contributed by atoms with van der Waals surface area (Å²) >= 11 is 0. The zero-order valence-electron chi connectivity index (χ0n) is 10.6. The molecule has 1 atom stereocenters. The van der Waals surface area contributed by atoms with Crippen LogP contribution in [-0.4, -0.2) is 21.3 Å². The number of hydrogen-bond donors (Lipinski definition) is 1. The first kappa shape index (κ1) is 12.3. The molecule has 0 aromatic carbocycles. The fourth-order valence-electron chi connectivity index (χ4n) is 2.25. The van der Waals surface area contributed by atoms with Crippen LogP contribution in [0.25, 0.3) is 0 Å². The number of hydrogen-bond acceptors (Lipinski definition) is 3. The molecule has 1 aromatic heterocycles. The van der Waals surface area contributed by atoms with Crippen LogP contribution in [0.3, 0.4) is 0 Å². The monoisotopic (exact) mass is 234 g/mol. The first-order valence-electron chi connectivity index (χ1n) is 6.62. The van der Waals surface area contributed by atoms with Crippen LogP contribution in [0.5, 0.6) is 0 Å². The topological polar surface area (TPSA) is 42.7 Å². The zero-order chi connectivity index (χ0) is 11.9. The van der Waals surface area contributed by atoms with Gasteiger partial charge in [0.25, 0.3) is 0 Å². The van der Waals surface area contributed by atoms with E-state index in [2.05, 4.69) is 34.5 Å². The van der Waals surface area contributed by atoms with E-state index in [1.807, 2.05) is 4.68 Å². The first-order chi connectivity index (χ1) is 8.40. The third kappa shape index (κ3) is 3.66. The Morgan fingerprint density at radius 2 is 2.41 bits per heavy atom. The molecule has 1 aliphatic rings. The average molecular weight is 234 g/mol. The van der Waals surface area contributed by atoms with Crippen molar-refractivity contribution in [3.63, 3.8) is 0 Å². The summed E-state index contributed by atoms with van der Waals surface area (Å²) in [5.74, 6) is 1.85. The molecule has 0 amide bonds. The highest BCUT2D eigenvalue weighted by Crippen LogP contribution is 2.16. The van der Waals surface area contributed by atoms with Crippen molar-refractivity contribution in [2.45, 2.75) is 45.7 Å². The van der Waals surface area contributed by atoms with Gasteiger partial charge in [-0.25, -0.2) is 9.67 Å². The molecule has 0 fully saturated rings. The lowest BCUT2D eigenvalue weighted by atomic mass is 9.94. The van der Waals surface area contributed by atoms with Gasteiger partial charge in [-0.1, -0.05) is 19.1 Å². The summed E-state index contributed by atoms with van der Waals surface area (Å²) in [4.78, 5) is 4.29. The third-order valence-corrected chi connectivity index (χ3v) is 3.22. The molecule has 4 nitrogen and oxygen atoms in total. The summed E-state index contributed by atoms with van der Waals surface area (Å²) in [6.07, 6.45) is 11.1. The largest absolute Gasteiger partial charge is 0.310 e. The Kier molecular flexibility index (Phi) is 4.74. The van der Waals surface area contributed by atoms with Gasteiger partial charge in [0.15, 0.2) is 0 Å². The molecule has 94 valence electrons. The number of aryl methyl sites for hydroxylation is 1. The number of aromatic nitrogens is 3. The average Bonchev–Trinajstić information content (AvgIpc) is 2.79. The van der Waals surface area contributed by atoms with E-state index in [4.69, 9.17) is 0 Å². The summed E-state index contributed by atoms with van der Waals surface area (Å²) in [7, 11) is 0. The standard InChI is InChI=1S/C13H22N4/c1-2-8-17-13(15-11-16-17)10-14-9-12-6-4-3-5-7-12/h3-4,11-12,14H,2,5-10H2,1H3. The molecule has 0 bridgehead atoms. The lowest BCUT2D eigenvalue weighted by molar-refractivity contribution is 0.431. The third-order valence-electron chi connectivity index (χ3n) is 3.22. The van der Waals surface area contributed by atoms with Gasteiger partial charge in [0, 0.05) is 6.54 Å². The second-order valence-corrected chi connectivity index (χ2v) is 4.68. The van der Waals surface area contributed by atoms with Crippen molar-refractivity contribution in [3.05, 3.63) is 24.3 Å². The second-order valence-electron chi connectivity index (χ2n) is 4.68. The Hall–Kier alpha value is -1.16. The summed E-state index contributed by atoms with van der Waals surface area (Å²) in [6.45, 7) is 5.04. The van der Waals surface area contributed by atoms with Crippen LogP contribution in [0, 0.1) is 5.92 Å². The predicted octanol–water partition coefficient (Wildman–Crippen LogP) is 2.13. The molecule has 17 heavy (non-hydrogen) atoms. The Morgan fingerprint density at radius 1 is 1.47 bits per heavy atom. The summed E-state index contributed by atoms with van der Waals surface area (Å²) < 4.78 is 1.99. The number of rotatable bonds is 6. The van der Waals surface area contributed by atoms with Crippen molar-refractivity contribution in [1.29, 1.82) is 0 Å². The minimum atomic E-state index is 0.794. The SMILES string of the molecule is CCCn1ncnc1CNCC1CC=CCC1. The molecule has 1 unspecified atom stereocenters. The number of allylic oxidation sites excluding steroid dienone is 2. The molecule has 0 spiro atoms. The van der Waals surface area contributed by atoms with Crippen LogP contribution in [0.4, 0.5) is 0 Å². The Bertz CT molecular complexity index is 356. The fourth-order valence-corrected chi connectivity index (χ4v) is 2.25. The highest BCUT2D eigenvalue weighted by Gasteiger charge is 2.10. The van der Waals surface area contributed by atoms with E-state index >= 15 is 0 Å². The molecular weight excluding hydrogens is 212 g/mol. The first-order valence-corrected chi connectivity index (χ1v) is 6.62. The molecule has 1 N–H and O–H groups in total. The van der Waals surface area contributed by atoms with Gasteiger partial charge in [-0.2, -0.15) is 5.10 Å². The molecule has 4 heteroatoms. The van der Waals surface area contributed by atoms with Crippen LogP contribution >= 0.6 is 0 Å². The number of nitrogens with one attached hydrogen (secondary N) is 1. The molecule has 0 saturated heterocycles. The molecule has 0 radical (unpaired) electrons. The van der Waals surface area contributed by atoms with Gasteiger partial charge < -0.3 is 5.32 Å². The van der Waals surface area contributed by atoms with E-state index in [1.165, 1.54) is 19.3 Å². The summed E-state index contributed by atoms with van der Waals surface area (Å²) in [5.41, 5.74) is 0. The molecular formula is C13H22N4. The maximum absolute atomic E-state index is 4.29. The normalized spacial score (nSPS) is 19.7. The van der Waals surface area contributed by atoms with Crippen LogP contribution < -0.4 is 5.32 Å². The van der Waals surface area contributed by atoms with Crippen LogP contribution in [0.15, 0.2) is 18.5 Å². The van der Waals surface area contributed by atoms with Crippen molar-refractivity contribution < 1.29 is 0 Å². The minimum Gasteiger partial charge on any atom is -0.310 e. The van der Waals surface area contributed by atoms with E-state index < -0.39 is 0 Å². The quantitative estimate of drug-likeness (QED) is 0.767. The lowest BCUT2D eigenvalue weighted by Crippen LogP contribution is -2.25. The van der Waals surface area contributed by atoms with Crippen molar-refractivity contribution >= 4 is 0 Å². The predicted molar refractivity (Wildman–Crippen MR) is 68.5 cm³/mol. The van der Waals surface area contributed by atoms with E-state index in [0.29, 0.717) is 0 Å². The molecule has 1 heterocycles. The molecule has 1 aromatic rings. The van der Waals surface area contributed by atoms with Crippen LogP contribution in [-0.2, 0) is 13.1 Å². The van der Waals surface area contributed by atoms with Gasteiger partial charge in [0.2, 0.25) is 0 Å². The molecule has 1 aliphatic carbocycles. The minimum absolute atomic E-state index is 0.794. The van der Waals surface area contributed by atoms with E-state index in [-0.39, 0.29) is 0 Å². The van der Waals surface area contributed by atoms with Crippen molar-refractivity contribution in [2.75, 3.05) is 6.54 Å². The van der Waals surface area contributed by atoms with Crippen molar-refractivity contribution in [3.8, 4) is 0 Å². The van der Waals surface area contributed by atoms with Gasteiger partial charge in [-0.15, -0.1) is 0 Å². The summed E-state index contributed by atoms with van der Waals surface area (Å²) in [6, 6.07) is 0. The van der Waals surface area contributed by atoms with Crippen molar-refractivity contribution in [1.82, 2.24) is 20.1 Å². The summed E-state index contributed by atoms with van der Waals surface area (Å²) in [5, 5.41) is 7.72. The van der Waals surface area contributed by atoms with Gasteiger partial charge >= 0.3 is 0 Å². The maximum Gasteiger partial charge on any atom is 0.140 e. The van der Waals surface area contributed by atoms with Gasteiger partial charge in [-0.05, 0) is 38.1 Å². The van der Waals surface area contributed by atoms with E-state index in [1.54, 1.807) is 6.33 Å². The lowest BCUT2D eigenvalue weighted by Gasteiger charge is -2.18. The second kappa shape index (κ2) is 6.55. The van der Waals surface area contributed by atoms with Crippen LogP contribution in [0.1, 0.15) is 38.4 Å². The highest BCUT2D eigenvalue weighted by atomic mass is 15.3. The Morgan fingerprint density at radius 3 is 3.18 bits per heavy atom.